The molecule has 0 saturated heterocycles. The fraction of sp³-hybridized carbons (Fsp3) is 0.100. The second-order valence-corrected chi connectivity index (χ2v) is 6.93. The summed E-state index contributed by atoms with van der Waals surface area (Å²) in [5, 5.41) is 7.50. The zero-order valence-corrected chi connectivity index (χ0v) is 16.7. The van der Waals surface area contributed by atoms with E-state index in [1.165, 1.54) is 6.07 Å². The molecule has 0 aliphatic carbocycles. The summed E-state index contributed by atoms with van der Waals surface area (Å²) in [7, 11) is 0. The molecule has 0 bridgehead atoms. The van der Waals surface area contributed by atoms with Crippen LogP contribution in [0.15, 0.2) is 53.6 Å². The van der Waals surface area contributed by atoms with E-state index in [0.29, 0.717) is 5.02 Å². The lowest BCUT2D eigenvalue weighted by Gasteiger charge is -2.09. The molecule has 2 aromatic carbocycles. The van der Waals surface area contributed by atoms with Gasteiger partial charge in [-0.15, -0.1) is 0 Å². The number of nitrogens with zero attached hydrogens (tertiary/aromatic N) is 2. The number of halogens is 3. The van der Waals surface area contributed by atoms with Gasteiger partial charge in [0.15, 0.2) is 5.11 Å². The van der Waals surface area contributed by atoms with Crippen LogP contribution < -0.4 is 10.7 Å². The van der Waals surface area contributed by atoms with Crippen molar-refractivity contribution < 1.29 is 8.78 Å². The minimum absolute atomic E-state index is 0.0648. The average molecular weight is 419 g/mol. The highest BCUT2D eigenvalue weighted by atomic mass is 35.5. The number of nitrogens with one attached hydrogen (secondary N) is 2. The maximum Gasteiger partial charge on any atom is 0.191 e. The van der Waals surface area contributed by atoms with Crippen molar-refractivity contribution in [2.75, 3.05) is 5.32 Å². The Morgan fingerprint density at radius 2 is 1.82 bits per heavy atom. The van der Waals surface area contributed by atoms with Gasteiger partial charge in [0.25, 0.3) is 0 Å². The van der Waals surface area contributed by atoms with Gasteiger partial charge >= 0.3 is 0 Å². The zero-order chi connectivity index (χ0) is 20.3. The first-order valence-electron chi connectivity index (χ1n) is 8.35. The number of hydrogen-bond donors (Lipinski definition) is 2. The van der Waals surface area contributed by atoms with Crippen LogP contribution in [0.25, 0.3) is 5.69 Å². The molecule has 0 unspecified atom stereocenters. The van der Waals surface area contributed by atoms with Gasteiger partial charge in [-0.25, -0.2) is 8.78 Å². The molecule has 0 saturated carbocycles. The van der Waals surface area contributed by atoms with E-state index in [1.807, 2.05) is 44.2 Å². The quantitative estimate of drug-likeness (QED) is 0.341. The number of benzene rings is 2. The van der Waals surface area contributed by atoms with Crippen LogP contribution in [0.2, 0.25) is 5.02 Å². The number of rotatable bonds is 4. The summed E-state index contributed by atoms with van der Waals surface area (Å²) < 4.78 is 28.7. The number of hydrogen-bond acceptors (Lipinski definition) is 2. The van der Waals surface area contributed by atoms with Gasteiger partial charge in [0.1, 0.15) is 11.6 Å². The second kappa shape index (κ2) is 8.50. The molecule has 2 N–H and O–H groups in total. The van der Waals surface area contributed by atoms with E-state index in [1.54, 1.807) is 6.21 Å². The number of aromatic nitrogens is 1. The van der Waals surface area contributed by atoms with Gasteiger partial charge in [-0.05, 0) is 68.5 Å². The Bertz CT molecular complexity index is 1050. The molecule has 0 aliphatic heterocycles. The predicted molar refractivity (Wildman–Crippen MR) is 114 cm³/mol. The van der Waals surface area contributed by atoms with E-state index in [4.69, 9.17) is 23.8 Å². The Labute approximate surface area is 171 Å². The first kappa shape index (κ1) is 20.0. The van der Waals surface area contributed by atoms with Crippen LogP contribution >= 0.6 is 23.8 Å². The molecule has 1 heterocycles. The van der Waals surface area contributed by atoms with Crippen molar-refractivity contribution in [1.82, 2.24) is 9.99 Å². The van der Waals surface area contributed by atoms with Gasteiger partial charge in [-0.3, -0.25) is 5.43 Å². The van der Waals surface area contributed by atoms with E-state index in [9.17, 15) is 8.78 Å². The smallest absolute Gasteiger partial charge is 0.191 e. The average Bonchev–Trinajstić information content (AvgIpc) is 2.92. The molecule has 28 heavy (non-hydrogen) atoms. The molecular formula is C20H17ClF2N4S. The largest absolute Gasteiger partial charge is 0.329 e. The maximum atomic E-state index is 13.6. The van der Waals surface area contributed by atoms with Crippen LogP contribution in [-0.2, 0) is 0 Å². The lowest BCUT2D eigenvalue weighted by atomic mass is 10.2. The Balaban J connectivity index is 1.70. The van der Waals surface area contributed by atoms with E-state index in [0.717, 1.165) is 34.8 Å². The van der Waals surface area contributed by atoms with E-state index < -0.39 is 11.6 Å². The van der Waals surface area contributed by atoms with Crippen molar-refractivity contribution in [3.05, 3.63) is 82.1 Å². The summed E-state index contributed by atoms with van der Waals surface area (Å²) in [6.45, 7) is 3.98. The molecule has 144 valence electrons. The summed E-state index contributed by atoms with van der Waals surface area (Å²) in [6.07, 6.45) is 1.63. The van der Waals surface area contributed by atoms with Crippen molar-refractivity contribution in [2.24, 2.45) is 5.10 Å². The molecule has 4 nitrogen and oxygen atoms in total. The second-order valence-electron chi connectivity index (χ2n) is 6.09. The Kier molecular flexibility index (Phi) is 6.06. The van der Waals surface area contributed by atoms with Crippen molar-refractivity contribution in [3.8, 4) is 5.69 Å². The number of aryl methyl sites for hydroxylation is 1. The van der Waals surface area contributed by atoms with Crippen molar-refractivity contribution in [2.45, 2.75) is 13.8 Å². The van der Waals surface area contributed by atoms with Crippen LogP contribution in [-0.4, -0.2) is 15.9 Å². The van der Waals surface area contributed by atoms with Crippen molar-refractivity contribution in [3.63, 3.8) is 0 Å². The summed E-state index contributed by atoms with van der Waals surface area (Å²) in [5.41, 5.74) is 6.62. The van der Waals surface area contributed by atoms with Crippen LogP contribution in [0.1, 0.15) is 17.0 Å². The molecule has 0 amide bonds. The van der Waals surface area contributed by atoms with Gasteiger partial charge in [-0.2, -0.15) is 5.10 Å². The molecule has 0 aliphatic rings. The standard InChI is InChI=1S/C20H17ClF2N4S/c1-12-9-14(13(2)27(12)17-6-3-15(21)4-7-17)11-24-26-20(28)25-19-8-5-16(22)10-18(19)23/h3-11H,1-2H3,(H2,25,26,28)/b24-11-. The highest BCUT2D eigenvalue weighted by Gasteiger charge is 2.09. The van der Waals surface area contributed by atoms with Crippen molar-refractivity contribution >= 4 is 40.8 Å². The van der Waals surface area contributed by atoms with Crippen molar-refractivity contribution in [1.29, 1.82) is 0 Å². The third-order valence-electron chi connectivity index (χ3n) is 4.10. The van der Waals surface area contributed by atoms with Crippen LogP contribution in [0.3, 0.4) is 0 Å². The van der Waals surface area contributed by atoms with E-state index >= 15 is 0 Å². The molecule has 0 atom stereocenters. The number of thiocarbonyl (C=S) groups is 1. The van der Waals surface area contributed by atoms with E-state index in [-0.39, 0.29) is 10.8 Å². The summed E-state index contributed by atoms with van der Waals surface area (Å²) in [5.74, 6) is -1.39. The van der Waals surface area contributed by atoms with Crippen LogP contribution in [0.5, 0.6) is 0 Å². The highest BCUT2D eigenvalue weighted by molar-refractivity contribution is 7.80. The molecule has 3 aromatic rings. The van der Waals surface area contributed by atoms with Gasteiger partial charge in [-0.1, -0.05) is 11.6 Å². The molecule has 1 aromatic heterocycles. The van der Waals surface area contributed by atoms with Gasteiger partial charge in [0.05, 0.1) is 11.9 Å². The third kappa shape index (κ3) is 4.55. The molecule has 3 rings (SSSR count). The third-order valence-corrected chi connectivity index (χ3v) is 4.55. The van der Waals surface area contributed by atoms with Gasteiger partial charge < -0.3 is 9.88 Å². The molecule has 0 spiro atoms. The summed E-state index contributed by atoms with van der Waals surface area (Å²) in [6, 6.07) is 12.7. The fourth-order valence-electron chi connectivity index (χ4n) is 2.81. The van der Waals surface area contributed by atoms with Gasteiger partial charge in [0, 0.05) is 33.7 Å². The lowest BCUT2D eigenvalue weighted by molar-refractivity contribution is 0.586. The molecule has 8 heteroatoms. The zero-order valence-electron chi connectivity index (χ0n) is 15.1. The topological polar surface area (TPSA) is 41.4 Å². The number of hydrazone groups is 1. The first-order valence-corrected chi connectivity index (χ1v) is 9.14. The lowest BCUT2D eigenvalue weighted by Crippen LogP contribution is -2.24. The Morgan fingerprint density at radius 1 is 1.11 bits per heavy atom. The maximum absolute atomic E-state index is 13.6. The number of anilines is 1. The molecule has 0 radical (unpaired) electrons. The Morgan fingerprint density at radius 3 is 2.50 bits per heavy atom. The minimum atomic E-state index is -0.736. The van der Waals surface area contributed by atoms with Crippen LogP contribution in [0.4, 0.5) is 14.5 Å². The Hall–Kier alpha value is -2.77. The fourth-order valence-corrected chi connectivity index (χ4v) is 3.10. The normalized spacial score (nSPS) is 11.0. The summed E-state index contributed by atoms with van der Waals surface area (Å²) in [4.78, 5) is 0. The van der Waals surface area contributed by atoms with Crippen LogP contribution in [0, 0.1) is 25.5 Å². The first-order chi connectivity index (χ1) is 13.3. The SMILES string of the molecule is Cc1cc(/C=N\NC(=S)Nc2ccc(F)cc2F)c(C)n1-c1ccc(Cl)cc1. The monoisotopic (exact) mass is 418 g/mol. The van der Waals surface area contributed by atoms with E-state index in [2.05, 4.69) is 20.4 Å². The highest BCUT2D eigenvalue weighted by Crippen LogP contribution is 2.21. The minimum Gasteiger partial charge on any atom is -0.329 e. The predicted octanol–water partition coefficient (Wildman–Crippen LogP) is 5.35. The molecule has 0 fully saturated rings. The van der Waals surface area contributed by atoms with Gasteiger partial charge in [0.2, 0.25) is 0 Å². The summed E-state index contributed by atoms with van der Waals surface area (Å²) >= 11 is 11.0. The molecular weight excluding hydrogens is 402 g/mol.